The Bertz CT molecular complexity index is 691. The third-order valence-corrected chi connectivity index (χ3v) is 4.55. The van der Waals surface area contributed by atoms with Crippen LogP contribution in [0.1, 0.15) is 59.1 Å². The standard InChI is InChI=1S/C22H31NO5/c1-16(2)14-26-20(25)27-15-19(17-10-8-7-9-11-17)28-23-21(3,4)12-18(24)13-22(23,5)6/h7-11,19H,1,12-15H2,2-6H3. The maximum absolute atomic E-state index is 12.2. The molecule has 28 heavy (non-hydrogen) atoms. The van der Waals surface area contributed by atoms with E-state index in [1.165, 1.54) is 0 Å². The van der Waals surface area contributed by atoms with Gasteiger partial charge in [0.1, 0.15) is 25.1 Å². The molecule has 1 aromatic carbocycles. The molecule has 0 aliphatic carbocycles. The van der Waals surface area contributed by atoms with Crippen molar-refractivity contribution in [1.82, 2.24) is 5.06 Å². The van der Waals surface area contributed by atoms with Gasteiger partial charge in [-0.15, -0.1) is 0 Å². The Hall–Kier alpha value is -2.18. The Balaban J connectivity index is 2.17. The second-order valence-electron chi connectivity index (χ2n) is 8.62. The lowest BCUT2D eigenvalue weighted by atomic mass is 9.81. The molecule has 6 heteroatoms. The molecule has 1 atom stereocenters. The fourth-order valence-electron chi connectivity index (χ4n) is 3.63. The summed E-state index contributed by atoms with van der Waals surface area (Å²) in [7, 11) is 0. The number of rotatable bonds is 7. The predicted octanol–water partition coefficient (Wildman–Crippen LogP) is 4.61. The van der Waals surface area contributed by atoms with Gasteiger partial charge >= 0.3 is 6.16 Å². The van der Waals surface area contributed by atoms with Crippen molar-refractivity contribution in [2.45, 2.75) is 64.6 Å². The van der Waals surface area contributed by atoms with E-state index in [1.807, 2.05) is 63.1 Å². The maximum Gasteiger partial charge on any atom is 0.508 e. The van der Waals surface area contributed by atoms with Crippen molar-refractivity contribution in [2.24, 2.45) is 0 Å². The minimum absolute atomic E-state index is 0.00432. The van der Waals surface area contributed by atoms with E-state index in [1.54, 1.807) is 6.92 Å². The number of carbonyl (C=O) groups is 2. The number of nitrogens with zero attached hydrogens (tertiary/aromatic N) is 1. The van der Waals surface area contributed by atoms with Gasteiger partial charge in [-0.25, -0.2) is 4.79 Å². The third kappa shape index (κ3) is 5.91. The Morgan fingerprint density at radius 3 is 2.21 bits per heavy atom. The fraction of sp³-hybridized carbons (Fsp3) is 0.545. The van der Waals surface area contributed by atoms with Gasteiger partial charge in [-0.3, -0.25) is 9.63 Å². The first kappa shape index (κ1) is 22.1. The highest BCUT2D eigenvalue weighted by Gasteiger charge is 2.47. The van der Waals surface area contributed by atoms with Crippen LogP contribution in [-0.2, 0) is 19.1 Å². The van der Waals surface area contributed by atoms with Crippen LogP contribution in [0.15, 0.2) is 42.5 Å². The summed E-state index contributed by atoms with van der Waals surface area (Å²) in [6.45, 7) is 13.5. The van der Waals surface area contributed by atoms with E-state index in [2.05, 4.69) is 6.58 Å². The molecule has 1 saturated heterocycles. The second kappa shape index (κ2) is 8.88. The van der Waals surface area contributed by atoms with E-state index >= 15 is 0 Å². The summed E-state index contributed by atoms with van der Waals surface area (Å²) < 4.78 is 10.3. The van der Waals surface area contributed by atoms with Gasteiger partial charge in [0.25, 0.3) is 0 Å². The molecule has 0 radical (unpaired) electrons. The molecule has 1 unspecified atom stereocenters. The highest BCUT2D eigenvalue weighted by molar-refractivity contribution is 5.81. The molecular weight excluding hydrogens is 358 g/mol. The zero-order valence-corrected chi connectivity index (χ0v) is 17.5. The summed E-state index contributed by atoms with van der Waals surface area (Å²) in [4.78, 5) is 30.4. The number of hydrogen-bond acceptors (Lipinski definition) is 6. The monoisotopic (exact) mass is 389 g/mol. The SMILES string of the molecule is C=C(C)COC(=O)OCC(ON1C(C)(C)CC(=O)CC1(C)C)c1ccccc1. The molecule has 1 fully saturated rings. The lowest BCUT2D eigenvalue weighted by Crippen LogP contribution is -2.61. The van der Waals surface area contributed by atoms with Gasteiger partial charge in [-0.1, -0.05) is 36.9 Å². The largest absolute Gasteiger partial charge is 0.508 e. The molecule has 0 aromatic heterocycles. The Labute approximate surface area is 167 Å². The Morgan fingerprint density at radius 1 is 1.11 bits per heavy atom. The number of Topliss-reactive ketones (excluding diaryl/α,β-unsaturated/α-hetero) is 1. The first-order valence-electron chi connectivity index (χ1n) is 9.49. The van der Waals surface area contributed by atoms with Gasteiger partial charge in [0.05, 0.1) is 0 Å². The van der Waals surface area contributed by atoms with Crippen molar-refractivity contribution < 1.29 is 23.9 Å². The van der Waals surface area contributed by atoms with Crippen molar-refractivity contribution in [3.63, 3.8) is 0 Å². The summed E-state index contributed by atoms with van der Waals surface area (Å²) in [6, 6.07) is 9.56. The quantitative estimate of drug-likeness (QED) is 0.501. The lowest BCUT2D eigenvalue weighted by Gasteiger charge is -2.51. The van der Waals surface area contributed by atoms with Crippen molar-refractivity contribution in [2.75, 3.05) is 13.2 Å². The van der Waals surface area contributed by atoms with Gasteiger partial charge in [-0.05, 0) is 45.8 Å². The van der Waals surface area contributed by atoms with E-state index in [9.17, 15) is 9.59 Å². The lowest BCUT2D eigenvalue weighted by molar-refractivity contribution is -0.305. The molecule has 1 aliphatic heterocycles. The van der Waals surface area contributed by atoms with E-state index in [0.29, 0.717) is 12.8 Å². The zero-order valence-electron chi connectivity index (χ0n) is 17.5. The van der Waals surface area contributed by atoms with Crippen LogP contribution in [0.5, 0.6) is 0 Å². The van der Waals surface area contributed by atoms with Crippen LogP contribution in [0.4, 0.5) is 4.79 Å². The van der Waals surface area contributed by atoms with Gasteiger partial charge in [0, 0.05) is 23.9 Å². The molecular formula is C22H31NO5. The van der Waals surface area contributed by atoms with Gasteiger partial charge in [0.15, 0.2) is 0 Å². The molecule has 1 heterocycles. The first-order valence-corrected chi connectivity index (χ1v) is 9.49. The maximum atomic E-state index is 12.2. The fourth-order valence-corrected chi connectivity index (χ4v) is 3.63. The highest BCUT2D eigenvalue weighted by atomic mass is 16.7. The number of ketones is 1. The zero-order chi connectivity index (χ0) is 20.9. The number of benzene rings is 1. The van der Waals surface area contributed by atoms with Crippen LogP contribution in [0.3, 0.4) is 0 Å². The minimum Gasteiger partial charge on any atom is -0.431 e. The smallest absolute Gasteiger partial charge is 0.431 e. The van der Waals surface area contributed by atoms with Crippen LogP contribution in [0, 0.1) is 0 Å². The van der Waals surface area contributed by atoms with E-state index < -0.39 is 23.3 Å². The first-order chi connectivity index (χ1) is 13.0. The van der Waals surface area contributed by atoms with Crippen molar-refractivity contribution in [3.8, 4) is 0 Å². The topological polar surface area (TPSA) is 65.1 Å². The van der Waals surface area contributed by atoms with E-state index in [-0.39, 0.29) is 19.0 Å². The molecule has 6 nitrogen and oxygen atoms in total. The number of carbonyl (C=O) groups excluding carboxylic acids is 2. The Morgan fingerprint density at radius 2 is 1.68 bits per heavy atom. The Kier molecular flexibility index (Phi) is 7.01. The van der Waals surface area contributed by atoms with E-state index in [0.717, 1.165) is 11.1 Å². The van der Waals surface area contributed by atoms with E-state index in [4.69, 9.17) is 14.3 Å². The molecule has 1 aromatic rings. The van der Waals surface area contributed by atoms with Crippen molar-refractivity contribution in [1.29, 1.82) is 0 Å². The highest BCUT2D eigenvalue weighted by Crippen LogP contribution is 2.39. The molecule has 154 valence electrons. The predicted molar refractivity (Wildman–Crippen MR) is 107 cm³/mol. The summed E-state index contributed by atoms with van der Waals surface area (Å²) in [5, 5.41) is 1.88. The molecule has 0 N–H and O–H groups in total. The summed E-state index contributed by atoms with van der Waals surface area (Å²) in [6.07, 6.45) is -0.482. The van der Waals surface area contributed by atoms with Crippen LogP contribution in [0.2, 0.25) is 0 Å². The second-order valence-corrected chi connectivity index (χ2v) is 8.62. The third-order valence-electron chi connectivity index (χ3n) is 4.55. The summed E-state index contributed by atoms with van der Waals surface area (Å²) in [5.41, 5.74) is 0.645. The number of ether oxygens (including phenoxy) is 2. The molecule has 2 rings (SSSR count). The van der Waals surface area contributed by atoms with Gasteiger partial charge in [0.2, 0.25) is 0 Å². The molecule has 0 amide bonds. The summed E-state index contributed by atoms with van der Waals surface area (Å²) >= 11 is 0. The van der Waals surface area contributed by atoms with Crippen LogP contribution in [-0.4, -0.2) is 41.3 Å². The number of piperidine rings is 1. The number of hydroxylamine groups is 2. The normalized spacial score (nSPS) is 19.7. The van der Waals surface area contributed by atoms with Crippen LogP contribution in [0.25, 0.3) is 0 Å². The molecule has 0 bridgehead atoms. The average Bonchev–Trinajstić information content (AvgIpc) is 2.58. The van der Waals surface area contributed by atoms with Gasteiger partial charge < -0.3 is 9.47 Å². The van der Waals surface area contributed by atoms with Crippen LogP contribution >= 0.6 is 0 Å². The molecule has 1 aliphatic rings. The average molecular weight is 389 g/mol. The number of hydrogen-bond donors (Lipinski definition) is 0. The van der Waals surface area contributed by atoms with Crippen molar-refractivity contribution in [3.05, 3.63) is 48.0 Å². The summed E-state index contributed by atoms with van der Waals surface area (Å²) in [5.74, 6) is 0.214. The molecule has 0 saturated carbocycles. The van der Waals surface area contributed by atoms with Gasteiger partial charge in [-0.2, -0.15) is 5.06 Å². The van der Waals surface area contributed by atoms with Crippen LogP contribution < -0.4 is 0 Å². The minimum atomic E-state index is -0.764. The molecule has 0 spiro atoms. The van der Waals surface area contributed by atoms with Crippen molar-refractivity contribution >= 4 is 11.9 Å².